The smallest absolute Gasteiger partial charge is 0.238 e. The van der Waals surface area contributed by atoms with Gasteiger partial charge in [0.05, 0.1) is 6.54 Å². The zero-order chi connectivity index (χ0) is 15.9. The second-order valence-corrected chi connectivity index (χ2v) is 5.99. The van der Waals surface area contributed by atoms with Gasteiger partial charge in [-0.2, -0.15) is 0 Å². The lowest BCUT2D eigenvalue weighted by molar-refractivity contribution is -0.117. The molecule has 0 unspecified atom stereocenters. The summed E-state index contributed by atoms with van der Waals surface area (Å²) < 4.78 is 0. The first kappa shape index (κ1) is 16.5. The van der Waals surface area contributed by atoms with E-state index in [0.717, 1.165) is 31.8 Å². The number of carbonyl (C=O) groups excluding carboxylic acids is 2. The van der Waals surface area contributed by atoms with Crippen molar-refractivity contribution in [3.8, 4) is 0 Å². The Hall–Kier alpha value is -1.88. The van der Waals surface area contributed by atoms with Crippen molar-refractivity contribution >= 4 is 23.2 Å². The summed E-state index contributed by atoms with van der Waals surface area (Å²) in [5, 5.41) is 5.69. The number of carbonyl (C=O) groups is 2. The minimum atomic E-state index is -0.0362. The zero-order valence-electron chi connectivity index (χ0n) is 13.4. The highest BCUT2D eigenvalue weighted by atomic mass is 16.2. The van der Waals surface area contributed by atoms with Gasteiger partial charge >= 0.3 is 0 Å². The van der Waals surface area contributed by atoms with Crippen LogP contribution in [0.25, 0.3) is 0 Å². The van der Waals surface area contributed by atoms with Crippen molar-refractivity contribution in [2.45, 2.75) is 33.1 Å². The van der Waals surface area contributed by atoms with Crippen molar-refractivity contribution in [2.24, 2.45) is 5.92 Å². The number of amides is 2. The summed E-state index contributed by atoms with van der Waals surface area (Å²) >= 11 is 0. The van der Waals surface area contributed by atoms with Gasteiger partial charge in [0.1, 0.15) is 0 Å². The molecule has 2 amide bonds. The largest absolute Gasteiger partial charge is 0.326 e. The summed E-state index contributed by atoms with van der Waals surface area (Å²) in [6, 6.07) is 7.25. The van der Waals surface area contributed by atoms with Crippen molar-refractivity contribution in [2.75, 3.05) is 30.3 Å². The maximum Gasteiger partial charge on any atom is 0.238 e. The molecule has 1 aliphatic rings. The number of hydrogen-bond donors (Lipinski definition) is 2. The second-order valence-electron chi connectivity index (χ2n) is 5.99. The van der Waals surface area contributed by atoms with Gasteiger partial charge in [-0.05, 0) is 50.0 Å². The van der Waals surface area contributed by atoms with Crippen molar-refractivity contribution < 1.29 is 9.59 Å². The number of anilines is 2. The van der Waals surface area contributed by atoms with Crippen LogP contribution < -0.4 is 10.6 Å². The number of piperidine rings is 1. The number of nitrogens with zero attached hydrogens (tertiary/aromatic N) is 1. The van der Waals surface area contributed by atoms with E-state index in [1.54, 1.807) is 13.0 Å². The van der Waals surface area contributed by atoms with Gasteiger partial charge in [-0.1, -0.05) is 19.9 Å². The lowest BCUT2D eigenvalue weighted by Gasteiger charge is -2.29. The van der Waals surface area contributed by atoms with E-state index < -0.39 is 0 Å². The van der Waals surface area contributed by atoms with E-state index in [2.05, 4.69) is 22.5 Å². The van der Waals surface area contributed by atoms with Crippen LogP contribution in [0.2, 0.25) is 0 Å². The first-order valence-corrected chi connectivity index (χ1v) is 7.99. The Morgan fingerprint density at radius 3 is 2.32 bits per heavy atom. The van der Waals surface area contributed by atoms with Crippen LogP contribution in [0, 0.1) is 5.92 Å². The summed E-state index contributed by atoms with van der Waals surface area (Å²) in [5.41, 5.74) is 1.42. The van der Waals surface area contributed by atoms with Crippen LogP contribution in [-0.4, -0.2) is 36.3 Å². The lowest BCUT2D eigenvalue weighted by Crippen LogP contribution is -2.38. The highest BCUT2D eigenvalue weighted by Gasteiger charge is 2.17. The first-order chi connectivity index (χ1) is 10.6. The molecule has 120 valence electrons. The van der Waals surface area contributed by atoms with E-state index in [0.29, 0.717) is 24.3 Å². The minimum Gasteiger partial charge on any atom is -0.326 e. The van der Waals surface area contributed by atoms with Crippen molar-refractivity contribution in [3.05, 3.63) is 24.3 Å². The van der Waals surface area contributed by atoms with Crippen LogP contribution >= 0.6 is 0 Å². The maximum absolute atomic E-state index is 12.1. The normalized spacial score (nSPS) is 16.3. The number of benzene rings is 1. The van der Waals surface area contributed by atoms with E-state index >= 15 is 0 Å². The molecule has 2 N–H and O–H groups in total. The third-order valence-corrected chi connectivity index (χ3v) is 3.99. The molecule has 2 rings (SSSR count). The predicted octanol–water partition coefficient (Wildman–Crippen LogP) is 2.71. The molecule has 0 aromatic heterocycles. The molecule has 1 aliphatic heterocycles. The number of rotatable bonds is 5. The fourth-order valence-corrected chi connectivity index (χ4v) is 2.55. The molecule has 0 bridgehead atoms. The van der Waals surface area contributed by atoms with Crippen LogP contribution in [0.4, 0.5) is 11.4 Å². The Morgan fingerprint density at radius 1 is 1.14 bits per heavy atom. The quantitative estimate of drug-likeness (QED) is 0.879. The van der Waals surface area contributed by atoms with Crippen LogP contribution in [0.5, 0.6) is 0 Å². The van der Waals surface area contributed by atoms with Crippen molar-refractivity contribution in [3.63, 3.8) is 0 Å². The van der Waals surface area contributed by atoms with Crippen LogP contribution in [0.3, 0.4) is 0 Å². The Balaban J connectivity index is 1.86. The average molecular weight is 303 g/mol. The predicted molar refractivity (Wildman–Crippen MR) is 88.8 cm³/mol. The molecule has 1 aromatic rings. The van der Waals surface area contributed by atoms with Crippen molar-refractivity contribution in [1.82, 2.24) is 4.90 Å². The molecule has 0 radical (unpaired) electrons. The molecule has 1 saturated heterocycles. The van der Waals surface area contributed by atoms with Crippen LogP contribution in [-0.2, 0) is 9.59 Å². The summed E-state index contributed by atoms with van der Waals surface area (Å²) in [4.78, 5) is 25.7. The highest BCUT2D eigenvalue weighted by Crippen LogP contribution is 2.17. The molecule has 5 nitrogen and oxygen atoms in total. The molecule has 1 aromatic carbocycles. The molecule has 0 aliphatic carbocycles. The standard InChI is InChI=1S/C17H25N3O2/c1-3-16(21)18-14-5-4-6-15(11-14)19-17(22)12-20-9-7-13(2)8-10-20/h4-6,11,13H,3,7-10,12H2,1-2H3,(H,18,21)(H,19,22). The summed E-state index contributed by atoms with van der Waals surface area (Å²) in [5.74, 6) is 0.720. The van der Waals surface area contributed by atoms with Crippen LogP contribution in [0.15, 0.2) is 24.3 Å². The van der Waals surface area contributed by atoms with Crippen molar-refractivity contribution in [1.29, 1.82) is 0 Å². The number of hydrogen-bond acceptors (Lipinski definition) is 3. The maximum atomic E-state index is 12.1. The molecule has 1 fully saturated rings. The third kappa shape index (κ3) is 5.15. The van der Waals surface area contributed by atoms with Gasteiger partial charge in [-0.25, -0.2) is 0 Å². The second kappa shape index (κ2) is 7.94. The Labute approximate surface area is 132 Å². The third-order valence-electron chi connectivity index (χ3n) is 3.99. The Morgan fingerprint density at radius 2 is 1.73 bits per heavy atom. The molecular formula is C17H25N3O2. The minimum absolute atomic E-state index is 0.00600. The molecular weight excluding hydrogens is 278 g/mol. The van der Waals surface area contributed by atoms with E-state index in [1.165, 1.54) is 0 Å². The molecule has 0 spiro atoms. The Bertz CT molecular complexity index is 522. The van der Waals surface area contributed by atoms with E-state index in [9.17, 15) is 9.59 Å². The van der Waals surface area contributed by atoms with Gasteiger partial charge in [0, 0.05) is 17.8 Å². The molecule has 0 saturated carbocycles. The Kier molecular flexibility index (Phi) is 5.95. The zero-order valence-corrected chi connectivity index (χ0v) is 13.4. The topological polar surface area (TPSA) is 61.4 Å². The summed E-state index contributed by atoms with van der Waals surface area (Å²) in [6.45, 7) is 6.47. The van der Waals surface area contributed by atoms with Gasteiger partial charge in [0.15, 0.2) is 0 Å². The van der Waals surface area contributed by atoms with E-state index in [-0.39, 0.29) is 11.8 Å². The van der Waals surface area contributed by atoms with Gasteiger partial charge in [-0.3, -0.25) is 14.5 Å². The van der Waals surface area contributed by atoms with Gasteiger partial charge in [-0.15, -0.1) is 0 Å². The first-order valence-electron chi connectivity index (χ1n) is 7.99. The van der Waals surface area contributed by atoms with E-state index in [1.807, 2.05) is 18.2 Å². The van der Waals surface area contributed by atoms with Gasteiger partial charge in [0.2, 0.25) is 11.8 Å². The number of nitrogens with one attached hydrogen (secondary N) is 2. The fraction of sp³-hybridized carbons (Fsp3) is 0.529. The van der Waals surface area contributed by atoms with Gasteiger partial charge < -0.3 is 10.6 Å². The summed E-state index contributed by atoms with van der Waals surface area (Å²) in [6.07, 6.45) is 2.75. The van der Waals surface area contributed by atoms with Gasteiger partial charge in [0.25, 0.3) is 0 Å². The molecule has 1 heterocycles. The number of likely N-dealkylation sites (tertiary alicyclic amines) is 1. The summed E-state index contributed by atoms with van der Waals surface area (Å²) in [7, 11) is 0. The molecule has 0 atom stereocenters. The molecule has 22 heavy (non-hydrogen) atoms. The molecule has 5 heteroatoms. The average Bonchev–Trinajstić information content (AvgIpc) is 2.49. The fourth-order valence-electron chi connectivity index (χ4n) is 2.55. The lowest BCUT2D eigenvalue weighted by atomic mass is 9.99. The van der Waals surface area contributed by atoms with E-state index in [4.69, 9.17) is 0 Å². The highest BCUT2D eigenvalue weighted by molar-refractivity contribution is 5.94. The monoisotopic (exact) mass is 303 g/mol. The SMILES string of the molecule is CCC(=O)Nc1cccc(NC(=O)CN2CCC(C)CC2)c1. The van der Waals surface area contributed by atoms with Crippen LogP contribution in [0.1, 0.15) is 33.1 Å².